The summed E-state index contributed by atoms with van der Waals surface area (Å²) in [6.07, 6.45) is 6.50. The van der Waals surface area contributed by atoms with Gasteiger partial charge in [-0.1, -0.05) is 59.4 Å². The van der Waals surface area contributed by atoms with Crippen LogP contribution in [0.5, 0.6) is 0 Å². The smallest absolute Gasteiger partial charge is 0.187 e. The Bertz CT molecular complexity index is 485. The fourth-order valence-electron chi connectivity index (χ4n) is 5.95. The van der Waals surface area contributed by atoms with Crippen LogP contribution < -0.4 is 0 Å². The van der Waals surface area contributed by atoms with Gasteiger partial charge in [-0.2, -0.15) is 0 Å². The van der Waals surface area contributed by atoms with Gasteiger partial charge in [-0.15, -0.1) is 0 Å². The molecular formula is C27H63BrO3Si4. The van der Waals surface area contributed by atoms with Crippen molar-refractivity contribution in [2.24, 2.45) is 0 Å². The lowest BCUT2D eigenvalue weighted by atomic mass is 10.5. The van der Waals surface area contributed by atoms with Crippen LogP contribution in [0.25, 0.3) is 0 Å². The first-order valence-electron chi connectivity index (χ1n) is 14.5. The minimum absolute atomic E-state index is 0.355. The second-order valence-electron chi connectivity index (χ2n) is 13.6. The molecule has 8 heteroatoms. The molecule has 0 heterocycles. The summed E-state index contributed by atoms with van der Waals surface area (Å²) < 4.78 is 19.2. The summed E-state index contributed by atoms with van der Waals surface area (Å²) in [6, 6.07) is 9.85. The molecule has 0 spiro atoms. The lowest BCUT2D eigenvalue weighted by Gasteiger charge is -2.36. The van der Waals surface area contributed by atoms with E-state index in [0.717, 1.165) is 5.33 Å². The van der Waals surface area contributed by atoms with Crippen molar-refractivity contribution in [3.05, 3.63) is 0 Å². The minimum Gasteiger partial charge on any atom is -0.415 e. The Hall–Kier alpha value is 1.23. The Kier molecular flexibility index (Phi) is 17.6. The van der Waals surface area contributed by atoms with Crippen molar-refractivity contribution < 1.29 is 13.3 Å². The second kappa shape index (κ2) is 17.0. The molecule has 3 nitrogen and oxygen atoms in total. The Labute approximate surface area is 233 Å². The Balaban J connectivity index is 5.43. The summed E-state index contributed by atoms with van der Waals surface area (Å²) in [5.41, 5.74) is 0. The van der Waals surface area contributed by atoms with Crippen LogP contribution in [0.2, 0.25) is 81.6 Å². The van der Waals surface area contributed by atoms with Gasteiger partial charge in [0.05, 0.1) is 8.07 Å². The Morgan fingerprint density at radius 1 is 0.457 bits per heavy atom. The predicted molar refractivity (Wildman–Crippen MR) is 173 cm³/mol. The van der Waals surface area contributed by atoms with Crippen LogP contribution in [0.3, 0.4) is 0 Å². The molecule has 0 fully saturated rings. The van der Waals surface area contributed by atoms with E-state index in [1.165, 1.54) is 68.0 Å². The SMILES string of the molecule is CC(C)O[Si](C)(C)CCC[Si](CCCBr)(CCC[Si](C)(C)OC(C)C)CCC[Si](C)(C)OC(C)C. The Morgan fingerprint density at radius 3 is 0.943 bits per heavy atom. The minimum atomic E-state index is -1.57. The molecule has 0 rings (SSSR count). The van der Waals surface area contributed by atoms with Gasteiger partial charge in [0.15, 0.2) is 25.0 Å². The quantitative estimate of drug-likeness (QED) is 0.0936. The van der Waals surface area contributed by atoms with Crippen LogP contribution >= 0.6 is 15.9 Å². The van der Waals surface area contributed by atoms with Gasteiger partial charge in [0.1, 0.15) is 0 Å². The van der Waals surface area contributed by atoms with Gasteiger partial charge in [-0.25, -0.2) is 0 Å². The molecule has 35 heavy (non-hydrogen) atoms. The van der Waals surface area contributed by atoms with Gasteiger partial charge in [0.25, 0.3) is 0 Å². The van der Waals surface area contributed by atoms with E-state index in [9.17, 15) is 0 Å². The molecule has 0 unspecified atom stereocenters. The fraction of sp³-hybridized carbons (Fsp3) is 1.00. The van der Waals surface area contributed by atoms with E-state index < -0.39 is 33.0 Å². The average Bonchev–Trinajstić information content (AvgIpc) is 2.62. The molecule has 0 N–H and O–H groups in total. The van der Waals surface area contributed by atoms with Gasteiger partial charge < -0.3 is 13.3 Å². The van der Waals surface area contributed by atoms with Crippen molar-refractivity contribution in [1.82, 2.24) is 0 Å². The molecule has 0 amide bonds. The summed E-state index contributed by atoms with van der Waals surface area (Å²) in [4.78, 5) is 0. The molecule has 0 aromatic heterocycles. The van der Waals surface area contributed by atoms with Gasteiger partial charge >= 0.3 is 0 Å². The molecule has 0 aliphatic carbocycles. The van der Waals surface area contributed by atoms with E-state index in [4.69, 9.17) is 13.3 Å². The number of alkyl halides is 1. The van der Waals surface area contributed by atoms with E-state index in [2.05, 4.69) is 96.8 Å². The van der Waals surface area contributed by atoms with Gasteiger partial charge in [-0.3, -0.25) is 0 Å². The molecule has 0 aromatic rings. The zero-order valence-corrected chi connectivity index (χ0v) is 31.4. The van der Waals surface area contributed by atoms with Crippen molar-refractivity contribution in [3.63, 3.8) is 0 Å². The van der Waals surface area contributed by atoms with Crippen molar-refractivity contribution >= 4 is 49.0 Å². The first kappa shape index (κ1) is 36.2. The normalized spacial score (nSPS) is 14.1. The van der Waals surface area contributed by atoms with Gasteiger partial charge in [0.2, 0.25) is 0 Å². The van der Waals surface area contributed by atoms with Crippen LogP contribution in [-0.4, -0.2) is 56.7 Å². The first-order chi connectivity index (χ1) is 15.9. The van der Waals surface area contributed by atoms with E-state index in [0.29, 0.717) is 18.3 Å². The molecule has 0 saturated carbocycles. The number of halogens is 1. The summed E-state index contributed by atoms with van der Waals surface area (Å²) >= 11 is 3.77. The van der Waals surface area contributed by atoms with Crippen LogP contribution in [0.1, 0.15) is 67.2 Å². The average molecular weight is 628 g/mol. The van der Waals surface area contributed by atoms with Gasteiger partial charge in [0, 0.05) is 23.6 Å². The number of hydrogen-bond acceptors (Lipinski definition) is 3. The zero-order valence-electron chi connectivity index (χ0n) is 25.8. The highest BCUT2D eigenvalue weighted by atomic mass is 79.9. The monoisotopic (exact) mass is 626 g/mol. The maximum absolute atomic E-state index is 6.38. The third kappa shape index (κ3) is 19.0. The highest BCUT2D eigenvalue weighted by Crippen LogP contribution is 2.37. The molecule has 0 bridgehead atoms. The van der Waals surface area contributed by atoms with Crippen molar-refractivity contribution in [3.8, 4) is 0 Å². The van der Waals surface area contributed by atoms with Crippen molar-refractivity contribution in [1.29, 1.82) is 0 Å². The van der Waals surface area contributed by atoms with E-state index in [1.807, 2.05) is 0 Å². The molecular weight excluding hydrogens is 565 g/mol. The molecule has 0 radical (unpaired) electrons. The summed E-state index contributed by atoms with van der Waals surface area (Å²) in [7, 11) is -6.08. The predicted octanol–water partition coefficient (Wildman–Crippen LogP) is 10.3. The molecule has 0 aliphatic rings. The first-order valence-corrected chi connectivity index (χ1v) is 27.8. The highest BCUT2D eigenvalue weighted by molar-refractivity contribution is 9.09. The fourth-order valence-corrected chi connectivity index (χ4v) is 20.3. The van der Waals surface area contributed by atoms with Gasteiger partial charge in [-0.05, 0) is 105 Å². The lowest BCUT2D eigenvalue weighted by molar-refractivity contribution is 0.230. The second-order valence-corrected chi connectivity index (χ2v) is 32.2. The number of hydrogen-bond donors (Lipinski definition) is 0. The molecule has 0 aromatic carbocycles. The van der Waals surface area contributed by atoms with Crippen LogP contribution in [0, 0.1) is 0 Å². The summed E-state index contributed by atoms with van der Waals surface area (Å²) in [5, 5.41) is 1.14. The van der Waals surface area contributed by atoms with Crippen LogP contribution in [0.4, 0.5) is 0 Å². The Morgan fingerprint density at radius 2 is 0.714 bits per heavy atom. The topological polar surface area (TPSA) is 27.7 Å². The summed E-state index contributed by atoms with van der Waals surface area (Å²) in [5.74, 6) is 0. The maximum atomic E-state index is 6.38. The highest BCUT2D eigenvalue weighted by Gasteiger charge is 2.35. The number of rotatable bonds is 21. The van der Waals surface area contributed by atoms with E-state index >= 15 is 0 Å². The molecule has 0 atom stereocenters. The van der Waals surface area contributed by atoms with E-state index in [-0.39, 0.29) is 0 Å². The largest absolute Gasteiger partial charge is 0.415 e. The lowest BCUT2D eigenvalue weighted by Crippen LogP contribution is -2.39. The maximum Gasteiger partial charge on any atom is 0.187 e. The molecule has 0 saturated heterocycles. The third-order valence-electron chi connectivity index (χ3n) is 6.96. The molecule has 212 valence electrons. The van der Waals surface area contributed by atoms with E-state index in [1.54, 1.807) is 0 Å². The summed E-state index contributed by atoms with van der Waals surface area (Å²) in [6.45, 7) is 27.7. The van der Waals surface area contributed by atoms with Crippen LogP contribution in [0.15, 0.2) is 0 Å². The van der Waals surface area contributed by atoms with Crippen LogP contribution in [-0.2, 0) is 13.3 Å². The standard InChI is InChI=1S/C27H63BrO3Si4/c1-25(2)29-32(7,8)18-14-22-35(21-13-17-28,23-15-19-33(9,10)30-26(3)4)24-16-20-34(11,12)31-27(5)6/h25-27H,13-24H2,1-12H3. The zero-order chi connectivity index (χ0) is 27.3. The third-order valence-corrected chi connectivity index (χ3v) is 21.2. The molecule has 0 aliphatic heterocycles. The van der Waals surface area contributed by atoms with Crippen molar-refractivity contribution in [2.45, 2.75) is 167 Å². The van der Waals surface area contributed by atoms with Crippen molar-refractivity contribution in [2.75, 3.05) is 5.33 Å².